The molecule has 5 aromatic rings. The molecule has 0 unspecified atom stereocenters. The van der Waals surface area contributed by atoms with Crippen LogP contribution in [0.15, 0.2) is 95.4 Å². The minimum Gasteiger partial charge on any atom is -0.493 e. The lowest BCUT2D eigenvalue weighted by Gasteiger charge is -2.26. The van der Waals surface area contributed by atoms with Gasteiger partial charge in [-0.3, -0.25) is 9.80 Å². The van der Waals surface area contributed by atoms with E-state index in [0.29, 0.717) is 12.5 Å². The van der Waals surface area contributed by atoms with Gasteiger partial charge >= 0.3 is 0 Å². The SMILES string of the molecule is c1cc(-c2nc3ccc(OCCCNCc4ccc(CN5CCOCC5)cc4)cc3o2)ccc1CCCCNCc1ccc(CN2CCOCC2)cc1. The largest absolute Gasteiger partial charge is 0.493 e. The first-order valence-electron chi connectivity index (χ1n) is 19.5. The molecule has 2 saturated heterocycles. The highest BCUT2D eigenvalue weighted by Gasteiger charge is 2.13. The highest BCUT2D eigenvalue weighted by atomic mass is 16.5. The fourth-order valence-corrected chi connectivity index (χ4v) is 6.92. The van der Waals surface area contributed by atoms with Crippen molar-refractivity contribution in [3.8, 4) is 17.2 Å². The zero-order valence-electron chi connectivity index (χ0n) is 31.1. The second-order valence-electron chi connectivity index (χ2n) is 14.3. The number of unbranched alkanes of at least 4 members (excludes halogenated alkanes) is 1. The Morgan fingerprint density at radius 1 is 0.585 bits per heavy atom. The maximum absolute atomic E-state index is 6.16. The first-order valence-corrected chi connectivity index (χ1v) is 19.5. The molecule has 53 heavy (non-hydrogen) atoms. The first-order chi connectivity index (χ1) is 26.2. The maximum atomic E-state index is 6.16. The highest BCUT2D eigenvalue weighted by molar-refractivity contribution is 5.77. The van der Waals surface area contributed by atoms with Crippen LogP contribution in [-0.4, -0.2) is 87.1 Å². The fraction of sp³-hybridized carbons (Fsp3) is 0.432. The summed E-state index contributed by atoms with van der Waals surface area (Å²) in [6, 6.07) is 32.5. The number of nitrogens with zero attached hydrogens (tertiary/aromatic N) is 3. The third-order valence-electron chi connectivity index (χ3n) is 10.1. The van der Waals surface area contributed by atoms with Crippen LogP contribution in [0, 0.1) is 0 Å². The van der Waals surface area contributed by atoms with Crippen molar-refractivity contribution in [2.24, 2.45) is 0 Å². The normalized spacial score (nSPS) is 15.6. The van der Waals surface area contributed by atoms with E-state index in [1.807, 2.05) is 18.2 Å². The van der Waals surface area contributed by atoms with Crippen molar-refractivity contribution in [1.82, 2.24) is 25.4 Å². The van der Waals surface area contributed by atoms with Crippen LogP contribution in [0.1, 0.15) is 47.1 Å². The topological polar surface area (TPSA) is 84.3 Å². The van der Waals surface area contributed by atoms with E-state index in [1.165, 1.54) is 27.8 Å². The van der Waals surface area contributed by atoms with Gasteiger partial charge in [0.1, 0.15) is 11.3 Å². The molecule has 1 aromatic heterocycles. The number of oxazole rings is 1. The van der Waals surface area contributed by atoms with Crippen molar-refractivity contribution in [1.29, 1.82) is 0 Å². The average Bonchev–Trinajstić information content (AvgIpc) is 3.63. The summed E-state index contributed by atoms with van der Waals surface area (Å²) in [4.78, 5) is 9.65. The number of ether oxygens (including phenoxy) is 3. The molecule has 9 heteroatoms. The van der Waals surface area contributed by atoms with Crippen LogP contribution in [0.4, 0.5) is 0 Å². The second-order valence-corrected chi connectivity index (χ2v) is 14.3. The molecule has 7 rings (SSSR count). The lowest BCUT2D eigenvalue weighted by molar-refractivity contribution is 0.0341. The second kappa shape index (κ2) is 19.8. The van der Waals surface area contributed by atoms with Gasteiger partial charge in [0.05, 0.1) is 33.0 Å². The minimum atomic E-state index is 0.638. The summed E-state index contributed by atoms with van der Waals surface area (Å²) >= 11 is 0. The van der Waals surface area contributed by atoms with Gasteiger partial charge in [0, 0.05) is 64.0 Å². The lowest BCUT2D eigenvalue weighted by atomic mass is 10.1. The van der Waals surface area contributed by atoms with E-state index in [1.54, 1.807) is 0 Å². The van der Waals surface area contributed by atoms with E-state index in [-0.39, 0.29) is 0 Å². The fourth-order valence-electron chi connectivity index (χ4n) is 6.92. The molecule has 0 spiro atoms. The zero-order chi connectivity index (χ0) is 35.9. The van der Waals surface area contributed by atoms with E-state index in [4.69, 9.17) is 23.6 Å². The Labute approximate surface area is 314 Å². The predicted molar refractivity (Wildman–Crippen MR) is 211 cm³/mol. The van der Waals surface area contributed by atoms with E-state index in [9.17, 15) is 0 Å². The van der Waals surface area contributed by atoms with E-state index in [0.717, 1.165) is 140 Å². The molecule has 2 aliphatic rings. The van der Waals surface area contributed by atoms with Gasteiger partial charge in [-0.25, -0.2) is 4.98 Å². The predicted octanol–water partition coefficient (Wildman–Crippen LogP) is 6.83. The summed E-state index contributed by atoms with van der Waals surface area (Å²) in [6.45, 7) is 13.8. The summed E-state index contributed by atoms with van der Waals surface area (Å²) in [6.07, 6.45) is 4.28. The van der Waals surface area contributed by atoms with Crippen molar-refractivity contribution in [2.45, 2.75) is 51.9 Å². The Morgan fingerprint density at radius 2 is 1.13 bits per heavy atom. The minimum absolute atomic E-state index is 0.638. The molecule has 9 nitrogen and oxygen atoms in total. The van der Waals surface area contributed by atoms with Gasteiger partial charge in [-0.15, -0.1) is 0 Å². The maximum Gasteiger partial charge on any atom is 0.227 e. The molecule has 0 bridgehead atoms. The van der Waals surface area contributed by atoms with Crippen LogP contribution < -0.4 is 15.4 Å². The Balaban J connectivity index is 0.763. The number of aryl methyl sites for hydroxylation is 1. The molecule has 0 aliphatic carbocycles. The van der Waals surface area contributed by atoms with Crippen molar-refractivity contribution >= 4 is 11.1 Å². The summed E-state index contributed by atoms with van der Waals surface area (Å²) < 4.78 is 23.1. The molecule has 4 aromatic carbocycles. The van der Waals surface area contributed by atoms with Gasteiger partial charge in [0.25, 0.3) is 0 Å². The van der Waals surface area contributed by atoms with Gasteiger partial charge in [-0.2, -0.15) is 0 Å². The summed E-state index contributed by atoms with van der Waals surface area (Å²) in [5.74, 6) is 1.44. The van der Waals surface area contributed by atoms with Gasteiger partial charge in [0.2, 0.25) is 5.89 Å². The molecular weight excluding hydrogens is 663 g/mol. The van der Waals surface area contributed by atoms with Crippen LogP contribution in [0.25, 0.3) is 22.6 Å². The van der Waals surface area contributed by atoms with Crippen molar-refractivity contribution < 1.29 is 18.6 Å². The Bertz CT molecular complexity index is 1800. The molecule has 2 aliphatic heterocycles. The molecule has 0 amide bonds. The van der Waals surface area contributed by atoms with Gasteiger partial charge < -0.3 is 29.3 Å². The van der Waals surface area contributed by atoms with Crippen LogP contribution in [0.5, 0.6) is 5.75 Å². The molecule has 2 N–H and O–H groups in total. The standard InChI is InChI=1S/C44H55N5O4/c1(2-19-45-31-36-5-9-38(10-6-36)33-48-21-26-50-27-22-48)4-35-13-15-40(16-14-35)44-47-42-18-17-41(30-43(42)53-44)52-25-3-20-46-32-37-7-11-39(12-8-37)34-49-23-28-51-29-24-49/h5-18,30,45-46H,1-4,19-29,31-34H2. The van der Waals surface area contributed by atoms with Crippen LogP contribution >= 0.6 is 0 Å². The molecule has 280 valence electrons. The van der Waals surface area contributed by atoms with Crippen LogP contribution in [0.3, 0.4) is 0 Å². The lowest BCUT2D eigenvalue weighted by Crippen LogP contribution is -2.35. The number of morpholine rings is 2. The summed E-state index contributed by atoms with van der Waals surface area (Å²) in [5.41, 5.74) is 9.28. The number of hydrogen-bond donors (Lipinski definition) is 2. The Morgan fingerprint density at radius 3 is 1.74 bits per heavy atom. The first kappa shape index (κ1) is 37.2. The monoisotopic (exact) mass is 717 g/mol. The number of nitrogens with one attached hydrogen (secondary N) is 2. The molecular formula is C44H55N5O4. The number of rotatable bonds is 19. The number of hydrogen-bond acceptors (Lipinski definition) is 9. The van der Waals surface area contributed by atoms with Crippen LogP contribution in [0.2, 0.25) is 0 Å². The van der Waals surface area contributed by atoms with Gasteiger partial charge in [-0.1, -0.05) is 60.7 Å². The molecule has 2 fully saturated rings. The third kappa shape index (κ3) is 11.7. The molecule has 0 saturated carbocycles. The van der Waals surface area contributed by atoms with Crippen molar-refractivity contribution in [2.75, 3.05) is 72.3 Å². The number of aromatic nitrogens is 1. The van der Waals surface area contributed by atoms with E-state index in [2.05, 4.69) is 93.2 Å². The van der Waals surface area contributed by atoms with Crippen LogP contribution in [-0.2, 0) is 42.1 Å². The van der Waals surface area contributed by atoms with Crippen molar-refractivity contribution in [3.05, 3.63) is 119 Å². The van der Waals surface area contributed by atoms with Gasteiger partial charge in [-0.05, 0) is 90.9 Å². The number of fused-ring (bicyclic) bond motifs is 1. The quantitative estimate of drug-likeness (QED) is 0.0894. The highest BCUT2D eigenvalue weighted by Crippen LogP contribution is 2.27. The molecule has 0 atom stereocenters. The van der Waals surface area contributed by atoms with Gasteiger partial charge in [0.15, 0.2) is 5.58 Å². The smallest absolute Gasteiger partial charge is 0.227 e. The van der Waals surface area contributed by atoms with Crippen molar-refractivity contribution in [3.63, 3.8) is 0 Å². The summed E-state index contributed by atoms with van der Waals surface area (Å²) in [5, 5.41) is 7.15. The Kier molecular flexibility index (Phi) is 13.9. The third-order valence-corrected chi connectivity index (χ3v) is 10.1. The van der Waals surface area contributed by atoms with E-state index >= 15 is 0 Å². The zero-order valence-corrected chi connectivity index (χ0v) is 31.1. The van der Waals surface area contributed by atoms with E-state index < -0.39 is 0 Å². The summed E-state index contributed by atoms with van der Waals surface area (Å²) in [7, 11) is 0. The molecule has 3 heterocycles. The Hall–Kier alpha value is -4.09. The average molecular weight is 718 g/mol. The molecule has 0 radical (unpaired) electrons. The number of benzene rings is 4.